The zero-order chi connectivity index (χ0) is 21.4. The molecule has 0 saturated carbocycles. The zero-order valence-corrected chi connectivity index (χ0v) is 16.6. The highest BCUT2D eigenvalue weighted by molar-refractivity contribution is 7.88. The topological polar surface area (TPSA) is 172 Å². The maximum Gasteiger partial charge on any atom is 0.216 e. The molecule has 6 N–H and O–H groups in total. The van der Waals surface area contributed by atoms with Crippen LogP contribution in [0.25, 0.3) is 0 Å². The maximum absolute atomic E-state index is 13.5. The molecule has 4 rings (SSSR count). The van der Waals surface area contributed by atoms with Crippen molar-refractivity contribution in [3.63, 3.8) is 0 Å². The number of hydrogen-bond donors (Lipinski definition) is 4. The first-order valence-electron chi connectivity index (χ1n) is 9.09. The third-order valence-electron chi connectivity index (χ3n) is 4.98. The van der Waals surface area contributed by atoms with Crippen LogP contribution in [0.3, 0.4) is 0 Å². The quantitative estimate of drug-likeness (QED) is 0.349. The van der Waals surface area contributed by atoms with Gasteiger partial charge in [0.15, 0.2) is 0 Å². The third-order valence-corrected chi connectivity index (χ3v) is 6.39. The summed E-state index contributed by atoms with van der Waals surface area (Å²) in [7, 11) is -3.88. The van der Waals surface area contributed by atoms with Gasteiger partial charge in [0.2, 0.25) is 10.0 Å². The van der Waals surface area contributed by atoms with Gasteiger partial charge in [-0.1, -0.05) is 12.1 Å². The van der Waals surface area contributed by atoms with E-state index in [1.807, 2.05) is 0 Å². The molecule has 0 amide bonds. The van der Waals surface area contributed by atoms with Gasteiger partial charge in [-0.15, -0.1) is 10.2 Å². The summed E-state index contributed by atoms with van der Waals surface area (Å²) in [4.78, 5) is 2.10. The molecule has 1 fully saturated rings. The van der Waals surface area contributed by atoms with E-state index in [-0.39, 0.29) is 18.2 Å². The third kappa shape index (κ3) is 4.24. The summed E-state index contributed by atoms with van der Waals surface area (Å²) in [6.45, 7) is 0.460. The van der Waals surface area contributed by atoms with Crippen molar-refractivity contribution in [2.75, 3.05) is 18.2 Å². The summed E-state index contributed by atoms with van der Waals surface area (Å²) in [6, 6.07) is 5.12. The van der Waals surface area contributed by atoms with E-state index in [1.165, 1.54) is 24.4 Å². The molecule has 160 valence electrons. The van der Waals surface area contributed by atoms with E-state index in [1.54, 1.807) is 12.3 Å². The Hall–Kier alpha value is -3.10. The first-order valence-corrected chi connectivity index (χ1v) is 10.7. The highest BCUT2D eigenvalue weighted by atomic mass is 32.2. The number of halogens is 1. The lowest BCUT2D eigenvalue weighted by atomic mass is 9.82. The first kappa shape index (κ1) is 20.2. The number of nitrogens with zero attached hydrogens (tertiary/aromatic N) is 6. The Morgan fingerprint density at radius 1 is 1.23 bits per heavy atom. The molecule has 0 bridgehead atoms. The van der Waals surface area contributed by atoms with Crippen LogP contribution in [0.2, 0.25) is 0 Å². The van der Waals surface area contributed by atoms with E-state index >= 15 is 0 Å². The fraction of sp³-hybridized carbons (Fsp3) is 0.375. The molecule has 1 saturated heterocycles. The van der Waals surface area contributed by atoms with Gasteiger partial charge >= 0.3 is 0 Å². The van der Waals surface area contributed by atoms with Crippen molar-refractivity contribution in [2.24, 2.45) is 0 Å². The Labute approximate surface area is 171 Å². The van der Waals surface area contributed by atoms with Gasteiger partial charge in [0.1, 0.15) is 17.2 Å². The average molecular weight is 436 g/mol. The van der Waals surface area contributed by atoms with Gasteiger partial charge in [0.25, 0.3) is 0 Å². The predicted molar refractivity (Wildman–Crippen MR) is 104 cm³/mol. The van der Waals surface area contributed by atoms with Crippen molar-refractivity contribution in [3.8, 4) is 0 Å². The summed E-state index contributed by atoms with van der Waals surface area (Å²) < 4.78 is 42.3. The van der Waals surface area contributed by atoms with E-state index in [0.29, 0.717) is 29.9 Å². The van der Waals surface area contributed by atoms with Crippen molar-refractivity contribution in [1.29, 1.82) is 0 Å². The molecule has 3 aromatic rings. The monoisotopic (exact) mass is 436 g/mol. The Kier molecular flexibility index (Phi) is 5.13. The number of nitrogens with two attached hydrogens (primary N) is 2. The van der Waals surface area contributed by atoms with Gasteiger partial charge < -0.3 is 17.0 Å². The van der Waals surface area contributed by atoms with E-state index in [0.717, 1.165) is 9.58 Å². The Morgan fingerprint density at radius 3 is 2.67 bits per heavy atom. The van der Waals surface area contributed by atoms with E-state index in [2.05, 4.69) is 30.7 Å². The Balaban J connectivity index is 1.66. The smallest absolute Gasteiger partial charge is 0.216 e. The highest BCUT2D eigenvalue weighted by Gasteiger charge is 2.44. The van der Waals surface area contributed by atoms with Crippen LogP contribution in [-0.2, 0) is 21.3 Å². The van der Waals surface area contributed by atoms with Gasteiger partial charge in [-0.2, -0.15) is 9.58 Å². The van der Waals surface area contributed by atoms with Crippen molar-refractivity contribution in [1.82, 2.24) is 40.2 Å². The number of sulfonamides is 1. The van der Waals surface area contributed by atoms with Crippen molar-refractivity contribution < 1.29 is 12.8 Å². The minimum absolute atomic E-state index is 0.271. The lowest BCUT2D eigenvalue weighted by molar-refractivity contribution is 0.229. The van der Waals surface area contributed by atoms with E-state index < -0.39 is 21.4 Å². The number of hydrogen-bond acceptors (Lipinski definition) is 9. The normalized spacial score (nSPS) is 22.2. The molecule has 30 heavy (non-hydrogen) atoms. The zero-order valence-electron chi connectivity index (χ0n) is 15.8. The summed E-state index contributed by atoms with van der Waals surface area (Å²) in [5.41, 5.74) is 0.167. The largest absolute Gasteiger partial charge is 0.322 e. The van der Waals surface area contributed by atoms with Gasteiger partial charge in [0.05, 0.1) is 29.7 Å². The minimum Gasteiger partial charge on any atom is -0.322 e. The Morgan fingerprint density at radius 2 is 2.00 bits per heavy atom. The SMILES string of the molecule is Nn1cc(C2CC(NS(=O)(=O)Cc3cccc(F)c3)(c3cn(N)nn3)CCN2)nn1. The molecular weight excluding hydrogens is 415 g/mol. The van der Waals surface area contributed by atoms with Crippen LogP contribution >= 0.6 is 0 Å². The molecule has 1 aromatic carbocycles. The van der Waals surface area contributed by atoms with Crippen molar-refractivity contribution in [3.05, 3.63) is 59.4 Å². The van der Waals surface area contributed by atoms with Crippen molar-refractivity contribution in [2.45, 2.75) is 30.2 Å². The second-order valence-electron chi connectivity index (χ2n) is 7.24. The molecule has 0 aliphatic carbocycles. The molecule has 2 aromatic heterocycles. The molecule has 2 unspecified atom stereocenters. The first-order chi connectivity index (χ1) is 14.2. The van der Waals surface area contributed by atoms with Crippen LogP contribution in [-0.4, -0.2) is 45.2 Å². The maximum atomic E-state index is 13.5. The van der Waals surface area contributed by atoms with Crippen LogP contribution < -0.4 is 21.7 Å². The number of rotatable bonds is 6. The van der Waals surface area contributed by atoms with Gasteiger partial charge in [-0.05, 0) is 47.5 Å². The lowest BCUT2D eigenvalue weighted by Crippen LogP contribution is -2.53. The lowest BCUT2D eigenvalue weighted by Gasteiger charge is -2.39. The summed E-state index contributed by atoms with van der Waals surface area (Å²) in [6.07, 6.45) is 3.68. The predicted octanol–water partition coefficient (Wildman–Crippen LogP) is -1.12. The highest BCUT2D eigenvalue weighted by Crippen LogP contribution is 2.37. The summed E-state index contributed by atoms with van der Waals surface area (Å²) in [5.74, 6) is 10.4. The van der Waals surface area contributed by atoms with E-state index in [9.17, 15) is 12.8 Å². The van der Waals surface area contributed by atoms with Crippen LogP contribution in [0.1, 0.15) is 35.8 Å². The van der Waals surface area contributed by atoms with Crippen LogP contribution in [0.15, 0.2) is 36.7 Å². The van der Waals surface area contributed by atoms with E-state index in [4.69, 9.17) is 11.7 Å². The number of benzene rings is 1. The van der Waals surface area contributed by atoms with Crippen molar-refractivity contribution >= 4 is 10.0 Å². The number of nitrogen functional groups attached to an aromatic ring is 2. The van der Waals surface area contributed by atoms with Gasteiger partial charge in [-0.25, -0.2) is 17.5 Å². The molecule has 14 heteroatoms. The summed E-state index contributed by atoms with van der Waals surface area (Å²) >= 11 is 0. The molecule has 1 aliphatic heterocycles. The standard InChI is InChI=1S/C16H21FN10O2S/c17-12-3-1-2-11(6-12)10-30(28,29)23-16(15-9-27(19)25-22-15)4-5-20-13(7-16)14-8-26(18)24-21-14/h1-3,6,8-9,13,20,23H,4-5,7,10,18-19H2. The van der Waals surface area contributed by atoms with Crippen LogP contribution in [0.4, 0.5) is 4.39 Å². The summed E-state index contributed by atoms with van der Waals surface area (Å²) in [5, 5.41) is 18.8. The molecule has 1 aliphatic rings. The molecule has 3 heterocycles. The average Bonchev–Trinajstić information content (AvgIpc) is 3.30. The molecule has 0 radical (unpaired) electrons. The van der Waals surface area contributed by atoms with Crippen LogP contribution in [0, 0.1) is 5.82 Å². The molecular formula is C16H21FN10O2S. The number of piperidine rings is 1. The minimum atomic E-state index is -3.88. The van der Waals surface area contributed by atoms with Gasteiger partial charge in [0, 0.05) is 0 Å². The number of aromatic nitrogens is 6. The molecule has 12 nitrogen and oxygen atoms in total. The fourth-order valence-corrected chi connectivity index (χ4v) is 5.27. The molecule has 2 atom stereocenters. The fourth-order valence-electron chi connectivity index (χ4n) is 3.70. The van der Waals surface area contributed by atoms with Crippen LogP contribution in [0.5, 0.6) is 0 Å². The second-order valence-corrected chi connectivity index (χ2v) is 8.96. The Bertz CT molecular complexity index is 1150. The molecule has 0 spiro atoms. The second kappa shape index (κ2) is 7.62. The number of nitrogens with one attached hydrogen (secondary N) is 2. The van der Waals surface area contributed by atoms with Gasteiger partial charge in [-0.3, -0.25) is 0 Å².